The van der Waals surface area contributed by atoms with Gasteiger partial charge in [-0.3, -0.25) is 0 Å². The van der Waals surface area contributed by atoms with Gasteiger partial charge in [0.05, 0.1) is 6.10 Å². The van der Waals surface area contributed by atoms with Crippen LogP contribution in [0, 0.1) is 6.92 Å². The van der Waals surface area contributed by atoms with Crippen LogP contribution in [0.15, 0.2) is 6.20 Å². The van der Waals surface area contributed by atoms with E-state index in [1.165, 1.54) is 0 Å². The number of hydrogen-bond donors (Lipinski definition) is 2. The number of ether oxygens (including phenoxy) is 1. The summed E-state index contributed by atoms with van der Waals surface area (Å²) in [4.78, 5) is 8.08. The zero-order valence-corrected chi connectivity index (χ0v) is 9.03. The van der Waals surface area contributed by atoms with Crippen molar-refractivity contribution in [2.75, 3.05) is 18.2 Å². The summed E-state index contributed by atoms with van der Waals surface area (Å²) in [6, 6.07) is 0.447. The lowest BCUT2D eigenvalue weighted by Crippen LogP contribution is -2.40. The lowest BCUT2D eigenvalue weighted by molar-refractivity contribution is 0.0328. The van der Waals surface area contributed by atoms with Gasteiger partial charge in [0, 0.05) is 24.9 Å². The molecule has 0 bridgehead atoms. The van der Waals surface area contributed by atoms with Crippen LogP contribution in [0.1, 0.15) is 18.4 Å². The Labute approximate surface area is 89.1 Å². The summed E-state index contributed by atoms with van der Waals surface area (Å²) in [5.41, 5.74) is 6.55. The molecule has 2 rings (SSSR count). The SMILES string of the molecule is COC1CC(Nc2nc(N)ncc2C)C1. The fraction of sp³-hybridized carbons (Fsp3) is 0.600. The molecule has 1 fully saturated rings. The summed E-state index contributed by atoms with van der Waals surface area (Å²) >= 11 is 0. The first-order valence-electron chi connectivity index (χ1n) is 5.07. The second-order valence-corrected chi connectivity index (χ2v) is 3.93. The fourth-order valence-corrected chi connectivity index (χ4v) is 1.67. The molecule has 0 spiro atoms. The van der Waals surface area contributed by atoms with E-state index >= 15 is 0 Å². The van der Waals surface area contributed by atoms with Gasteiger partial charge in [-0.05, 0) is 19.8 Å². The van der Waals surface area contributed by atoms with Gasteiger partial charge >= 0.3 is 0 Å². The quantitative estimate of drug-likeness (QED) is 0.774. The number of anilines is 2. The molecule has 82 valence electrons. The molecule has 0 atom stereocenters. The first kappa shape index (κ1) is 10.2. The van der Waals surface area contributed by atoms with Crippen molar-refractivity contribution >= 4 is 11.8 Å². The Balaban J connectivity index is 1.97. The van der Waals surface area contributed by atoms with Crippen molar-refractivity contribution in [2.24, 2.45) is 0 Å². The van der Waals surface area contributed by atoms with Gasteiger partial charge in [-0.2, -0.15) is 4.98 Å². The number of nitrogens with zero attached hydrogens (tertiary/aromatic N) is 2. The van der Waals surface area contributed by atoms with Gasteiger partial charge in [0.2, 0.25) is 5.95 Å². The highest BCUT2D eigenvalue weighted by molar-refractivity contribution is 5.46. The standard InChI is InChI=1S/C10H16N4O/c1-6-5-12-10(11)14-9(6)13-7-3-8(4-7)15-2/h5,7-8H,3-4H2,1-2H3,(H3,11,12,13,14). The van der Waals surface area contributed by atoms with E-state index in [0.29, 0.717) is 18.1 Å². The number of nitrogen functional groups attached to an aromatic ring is 1. The molecule has 1 aliphatic carbocycles. The molecule has 0 saturated heterocycles. The van der Waals surface area contributed by atoms with Crippen LogP contribution in [0.3, 0.4) is 0 Å². The summed E-state index contributed by atoms with van der Waals surface area (Å²) in [5.74, 6) is 1.15. The Morgan fingerprint density at radius 2 is 2.27 bits per heavy atom. The predicted molar refractivity (Wildman–Crippen MR) is 58.6 cm³/mol. The van der Waals surface area contributed by atoms with Crippen molar-refractivity contribution in [3.63, 3.8) is 0 Å². The zero-order chi connectivity index (χ0) is 10.8. The molecule has 0 radical (unpaired) electrons. The molecule has 3 N–H and O–H groups in total. The molecule has 1 aromatic heterocycles. The van der Waals surface area contributed by atoms with E-state index in [1.54, 1.807) is 13.3 Å². The van der Waals surface area contributed by atoms with Crippen molar-refractivity contribution in [1.82, 2.24) is 9.97 Å². The van der Waals surface area contributed by atoms with Gasteiger partial charge < -0.3 is 15.8 Å². The second kappa shape index (κ2) is 4.02. The van der Waals surface area contributed by atoms with Crippen LogP contribution in [0.25, 0.3) is 0 Å². The maximum absolute atomic E-state index is 5.53. The van der Waals surface area contributed by atoms with Gasteiger partial charge in [-0.25, -0.2) is 4.98 Å². The van der Waals surface area contributed by atoms with E-state index in [0.717, 1.165) is 24.2 Å². The largest absolute Gasteiger partial charge is 0.381 e. The van der Waals surface area contributed by atoms with Crippen LogP contribution >= 0.6 is 0 Å². The minimum atomic E-state index is 0.311. The van der Waals surface area contributed by atoms with Crippen molar-refractivity contribution in [3.8, 4) is 0 Å². The molecular formula is C10H16N4O. The van der Waals surface area contributed by atoms with Crippen molar-refractivity contribution in [2.45, 2.75) is 31.9 Å². The molecule has 5 heteroatoms. The molecule has 0 amide bonds. The van der Waals surface area contributed by atoms with E-state index in [-0.39, 0.29) is 0 Å². The van der Waals surface area contributed by atoms with Crippen LogP contribution in [0.2, 0.25) is 0 Å². The zero-order valence-electron chi connectivity index (χ0n) is 9.03. The molecule has 1 aliphatic rings. The third-order valence-corrected chi connectivity index (χ3v) is 2.76. The minimum Gasteiger partial charge on any atom is -0.381 e. The highest BCUT2D eigenvalue weighted by atomic mass is 16.5. The third kappa shape index (κ3) is 2.18. The van der Waals surface area contributed by atoms with Crippen LogP contribution < -0.4 is 11.1 Å². The number of rotatable bonds is 3. The number of aromatic nitrogens is 2. The lowest BCUT2D eigenvalue weighted by Gasteiger charge is -2.35. The number of nitrogens with two attached hydrogens (primary N) is 1. The highest BCUT2D eigenvalue weighted by Crippen LogP contribution is 2.26. The van der Waals surface area contributed by atoms with Crippen LogP contribution in [0.5, 0.6) is 0 Å². The molecular weight excluding hydrogens is 192 g/mol. The number of nitrogens with one attached hydrogen (secondary N) is 1. The van der Waals surface area contributed by atoms with Gasteiger partial charge in [0.1, 0.15) is 5.82 Å². The Bertz CT molecular complexity index is 349. The topological polar surface area (TPSA) is 73.1 Å². The first-order chi connectivity index (χ1) is 7.19. The Kier molecular flexibility index (Phi) is 2.73. The lowest BCUT2D eigenvalue weighted by atomic mass is 9.89. The van der Waals surface area contributed by atoms with Crippen LogP contribution in [0.4, 0.5) is 11.8 Å². The Morgan fingerprint density at radius 1 is 1.53 bits per heavy atom. The summed E-state index contributed by atoms with van der Waals surface area (Å²) in [6.45, 7) is 1.97. The molecule has 15 heavy (non-hydrogen) atoms. The number of aryl methyl sites for hydroxylation is 1. The average molecular weight is 208 g/mol. The van der Waals surface area contributed by atoms with Gasteiger partial charge in [0.25, 0.3) is 0 Å². The average Bonchev–Trinajstić information content (AvgIpc) is 2.16. The molecule has 1 heterocycles. The van der Waals surface area contributed by atoms with Gasteiger partial charge in [-0.1, -0.05) is 0 Å². The highest BCUT2D eigenvalue weighted by Gasteiger charge is 2.29. The van der Waals surface area contributed by atoms with Crippen LogP contribution in [-0.4, -0.2) is 29.2 Å². The molecule has 0 aliphatic heterocycles. The summed E-state index contributed by atoms with van der Waals surface area (Å²) in [7, 11) is 1.74. The maximum atomic E-state index is 5.53. The van der Waals surface area contributed by atoms with E-state index in [1.807, 2.05) is 6.92 Å². The van der Waals surface area contributed by atoms with Crippen molar-refractivity contribution in [3.05, 3.63) is 11.8 Å². The van der Waals surface area contributed by atoms with E-state index < -0.39 is 0 Å². The molecule has 5 nitrogen and oxygen atoms in total. The normalized spacial score (nSPS) is 24.7. The second-order valence-electron chi connectivity index (χ2n) is 3.93. The smallest absolute Gasteiger partial charge is 0.221 e. The summed E-state index contributed by atoms with van der Waals surface area (Å²) < 4.78 is 5.21. The predicted octanol–water partition coefficient (Wildman–Crippen LogP) is 0.957. The summed E-state index contributed by atoms with van der Waals surface area (Å²) in [5, 5.41) is 3.34. The third-order valence-electron chi connectivity index (χ3n) is 2.76. The molecule has 1 saturated carbocycles. The number of methoxy groups -OCH3 is 1. The van der Waals surface area contributed by atoms with Crippen molar-refractivity contribution < 1.29 is 4.74 Å². The molecule has 0 aromatic carbocycles. The Hall–Kier alpha value is -1.36. The minimum absolute atomic E-state index is 0.311. The van der Waals surface area contributed by atoms with E-state index in [4.69, 9.17) is 10.5 Å². The molecule has 1 aromatic rings. The number of hydrogen-bond acceptors (Lipinski definition) is 5. The maximum Gasteiger partial charge on any atom is 0.221 e. The monoisotopic (exact) mass is 208 g/mol. The Morgan fingerprint density at radius 3 is 2.93 bits per heavy atom. The first-order valence-corrected chi connectivity index (χ1v) is 5.07. The van der Waals surface area contributed by atoms with E-state index in [9.17, 15) is 0 Å². The van der Waals surface area contributed by atoms with E-state index in [2.05, 4.69) is 15.3 Å². The fourth-order valence-electron chi connectivity index (χ4n) is 1.67. The van der Waals surface area contributed by atoms with Gasteiger partial charge in [0.15, 0.2) is 0 Å². The summed E-state index contributed by atoms with van der Waals surface area (Å²) in [6.07, 6.45) is 4.18. The van der Waals surface area contributed by atoms with Crippen molar-refractivity contribution in [1.29, 1.82) is 0 Å². The molecule has 0 unspecified atom stereocenters. The van der Waals surface area contributed by atoms with Crippen LogP contribution in [-0.2, 0) is 4.74 Å². The van der Waals surface area contributed by atoms with Gasteiger partial charge in [-0.15, -0.1) is 0 Å².